The van der Waals surface area contributed by atoms with Gasteiger partial charge in [-0.05, 0) is 36.5 Å². The number of benzodiazepines with no additional fused rings is 1. The van der Waals surface area contributed by atoms with Gasteiger partial charge < -0.3 is 15.3 Å². The number of hydrogen-bond donors (Lipinski definition) is 2. The van der Waals surface area contributed by atoms with Crippen LogP contribution >= 0.6 is 0 Å². The van der Waals surface area contributed by atoms with Crippen LogP contribution in [-0.4, -0.2) is 41.9 Å². The highest BCUT2D eigenvalue weighted by Crippen LogP contribution is 2.27. The van der Waals surface area contributed by atoms with Gasteiger partial charge in [0.15, 0.2) is 0 Å². The number of carbonyl (C=O) groups excluding carboxylic acids is 2. The first kappa shape index (κ1) is 27.0. The van der Waals surface area contributed by atoms with E-state index in [0.717, 1.165) is 27.9 Å². The number of para-hydroxylation sites is 1. The second-order valence-corrected chi connectivity index (χ2v) is 10.1. The molecule has 6 nitrogen and oxygen atoms in total. The second kappa shape index (κ2) is 12.5. The molecule has 2 N–H and O–H groups in total. The Hall–Kier alpha value is -4.55. The number of aryl methyl sites for hydroxylation is 1. The Morgan fingerprint density at radius 2 is 1.43 bits per heavy atom. The van der Waals surface area contributed by atoms with Crippen LogP contribution < -0.4 is 10.2 Å². The molecule has 0 bridgehead atoms. The van der Waals surface area contributed by atoms with Gasteiger partial charge >= 0.3 is 0 Å². The fraction of sp³-hybridized carbons (Fsp3) is 0.206. The van der Waals surface area contributed by atoms with Crippen LogP contribution in [0.15, 0.2) is 120 Å². The van der Waals surface area contributed by atoms with Crippen LogP contribution in [-0.2, 0) is 22.4 Å². The van der Waals surface area contributed by atoms with Gasteiger partial charge in [0, 0.05) is 18.2 Å². The third-order valence-electron chi connectivity index (χ3n) is 7.34. The van der Waals surface area contributed by atoms with Crippen LogP contribution in [0.2, 0.25) is 0 Å². The third kappa shape index (κ3) is 6.19. The van der Waals surface area contributed by atoms with E-state index in [1.54, 1.807) is 7.05 Å². The lowest BCUT2D eigenvalue weighted by Crippen LogP contribution is -2.50. The highest BCUT2D eigenvalue weighted by Gasteiger charge is 2.34. The first-order valence-corrected chi connectivity index (χ1v) is 13.6. The summed E-state index contributed by atoms with van der Waals surface area (Å²) in [6.07, 6.45) is -0.655. The zero-order valence-electron chi connectivity index (χ0n) is 22.5. The molecule has 202 valence electrons. The van der Waals surface area contributed by atoms with E-state index in [0.29, 0.717) is 25.0 Å². The smallest absolute Gasteiger partial charge is 0.272 e. The molecule has 0 fully saturated rings. The molecule has 5 rings (SSSR count). The van der Waals surface area contributed by atoms with Crippen molar-refractivity contribution in [3.63, 3.8) is 0 Å². The van der Waals surface area contributed by atoms with E-state index in [4.69, 9.17) is 4.99 Å². The van der Waals surface area contributed by atoms with E-state index >= 15 is 0 Å². The third-order valence-corrected chi connectivity index (χ3v) is 7.34. The van der Waals surface area contributed by atoms with Gasteiger partial charge in [-0.25, -0.2) is 4.99 Å². The normalized spacial score (nSPS) is 16.4. The predicted molar refractivity (Wildman–Crippen MR) is 158 cm³/mol. The SMILES string of the molecule is CN1C(=O)C(NC(=O)C(Cc2ccccc2)C(O)CCc2ccccc2)N=C(c2ccccc2)c2ccccc21. The minimum atomic E-state index is -1.14. The molecule has 0 radical (unpaired) electrons. The van der Waals surface area contributed by atoms with E-state index in [-0.39, 0.29) is 5.91 Å². The topological polar surface area (TPSA) is 82.0 Å². The minimum absolute atomic E-state index is 0.342. The summed E-state index contributed by atoms with van der Waals surface area (Å²) in [7, 11) is 1.69. The summed E-state index contributed by atoms with van der Waals surface area (Å²) in [6.45, 7) is 0. The number of aliphatic hydroxyl groups is 1. The van der Waals surface area contributed by atoms with Crippen LogP contribution in [0.5, 0.6) is 0 Å². The van der Waals surface area contributed by atoms with E-state index in [1.807, 2.05) is 115 Å². The summed E-state index contributed by atoms with van der Waals surface area (Å²) in [5.74, 6) is -1.51. The maximum absolute atomic E-state index is 13.8. The van der Waals surface area contributed by atoms with E-state index in [9.17, 15) is 14.7 Å². The van der Waals surface area contributed by atoms with Gasteiger partial charge in [0.05, 0.1) is 23.4 Å². The van der Waals surface area contributed by atoms with Gasteiger partial charge in [-0.3, -0.25) is 9.59 Å². The number of hydrogen-bond acceptors (Lipinski definition) is 4. The predicted octanol–water partition coefficient (Wildman–Crippen LogP) is 4.80. The van der Waals surface area contributed by atoms with Crippen LogP contribution in [0, 0.1) is 5.92 Å². The van der Waals surface area contributed by atoms with Crippen LogP contribution in [0.3, 0.4) is 0 Å². The lowest BCUT2D eigenvalue weighted by molar-refractivity contribution is -0.132. The molecule has 0 aromatic heterocycles. The average molecular weight is 532 g/mol. The first-order valence-electron chi connectivity index (χ1n) is 13.6. The second-order valence-electron chi connectivity index (χ2n) is 10.1. The van der Waals surface area contributed by atoms with Crippen LogP contribution in [0.1, 0.15) is 28.7 Å². The van der Waals surface area contributed by atoms with Gasteiger partial charge in [-0.15, -0.1) is 0 Å². The maximum Gasteiger partial charge on any atom is 0.272 e. The summed E-state index contributed by atoms with van der Waals surface area (Å²) in [5, 5.41) is 14.2. The first-order chi connectivity index (χ1) is 19.5. The molecular formula is C34H33N3O3. The fourth-order valence-electron chi connectivity index (χ4n) is 5.12. The summed E-state index contributed by atoms with van der Waals surface area (Å²) in [4.78, 5) is 33.8. The Morgan fingerprint density at radius 1 is 0.850 bits per heavy atom. The summed E-state index contributed by atoms with van der Waals surface area (Å²) < 4.78 is 0. The van der Waals surface area contributed by atoms with Crippen molar-refractivity contribution in [1.29, 1.82) is 0 Å². The van der Waals surface area contributed by atoms with Gasteiger partial charge in [0.2, 0.25) is 12.1 Å². The molecule has 0 saturated heterocycles. The molecule has 1 aliphatic rings. The molecule has 6 heteroatoms. The number of aliphatic imine (C=N–C) groups is 1. The molecule has 0 saturated carbocycles. The van der Waals surface area contributed by atoms with Crippen molar-refractivity contribution >= 4 is 23.2 Å². The quantitative estimate of drug-likeness (QED) is 0.326. The van der Waals surface area contributed by atoms with Crippen molar-refractivity contribution in [3.05, 3.63) is 138 Å². The maximum atomic E-state index is 13.8. The fourth-order valence-corrected chi connectivity index (χ4v) is 5.12. The summed E-state index contributed by atoms with van der Waals surface area (Å²) in [5.41, 5.74) is 5.03. The number of benzene rings is 4. The van der Waals surface area contributed by atoms with Crippen molar-refractivity contribution in [2.24, 2.45) is 10.9 Å². The molecule has 1 aliphatic heterocycles. The average Bonchev–Trinajstić information content (AvgIpc) is 3.10. The van der Waals surface area contributed by atoms with Crippen molar-refractivity contribution in [2.45, 2.75) is 31.5 Å². The molecule has 0 aliphatic carbocycles. The van der Waals surface area contributed by atoms with Crippen molar-refractivity contribution < 1.29 is 14.7 Å². The van der Waals surface area contributed by atoms with E-state index in [1.165, 1.54) is 4.90 Å². The molecule has 40 heavy (non-hydrogen) atoms. The standard InChI is InChI=1S/C34H33N3O3/c1-37-29-20-12-11-19-27(29)31(26-17-9-4-10-18-26)35-32(34(37)40)36-33(39)28(23-25-15-7-3-8-16-25)30(38)22-21-24-13-5-2-6-14-24/h2-20,28,30,32,38H,21-23H2,1H3,(H,36,39). The number of carbonyl (C=O) groups is 2. The molecular weight excluding hydrogens is 498 g/mol. The highest BCUT2D eigenvalue weighted by molar-refractivity contribution is 6.20. The monoisotopic (exact) mass is 531 g/mol. The Kier molecular flexibility index (Phi) is 8.47. The Bertz CT molecular complexity index is 1470. The minimum Gasteiger partial charge on any atom is -0.392 e. The molecule has 3 atom stereocenters. The molecule has 4 aromatic carbocycles. The largest absolute Gasteiger partial charge is 0.392 e. The van der Waals surface area contributed by atoms with Crippen molar-refractivity contribution in [2.75, 3.05) is 11.9 Å². The lowest BCUT2D eigenvalue weighted by atomic mass is 9.89. The number of amides is 2. The van der Waals surface area contributed by atoms with Crippen molar-refractivity contribution in [1.82, 2.24) is 5.32 Å². The Balaban J connectivity index is 1.44. The number of aliphatic hydroxyl groups excluding tert-OH is 1. The number of nitrogens with one attached hydrogen (secondary N) is 1. The Morgan fingerprint density at radius 3 is 2.10 bits per heavy atom. The van der Waals surface area contributed by atoms with Gasteiger partial charge in [0.25, 0.3) is 5.91 Å². The molecule has 0 spiro atoms. The molecule has 4 aromatic rings. The number of nitrogens with zero attached hydrogens (tertiary/aromatic N) is 2. The van der Waals surface area contributed by atoms with Crippen LogP contribution in [0.25, 0.3) is 0 Å². The molecule has 2 amide bonds. The number of fused-ring (bicyclic) bond motifs is 1. The van der Waals surface area contributed by atoms with E-state index < -0.39 is 24.1 Å². The zero-order valence-corrected chi connectivity index (χ0v) is 22.5. The molecule has 3 unspecified atom stereocenters. The number of rotatable bonds is 9. The van der Waals surface area contributed by atoms with Gasteiger partial charge in [0.1, 0.15) is 0 Å². The lowest BCUT2D eigenvalue weighted by Gasteiger charge is -2.26. The molecule has 1 heterocycles. The Labute approximate surface area is 235 Å². The number of anilines is 1. The highest BCUT2D eigenvalue weighted by atomic mass is 16.3. The summed E-state index contributed by atoms with van der Waals surface area (Å²) in [6, 6.07) is 36.8. The summed E-state index contributed by atoms with van der Waals surface area (Å²) >= 11 is 0. The zero-order chi connectivity index (χ0) is 27.9. The van der Waals surface area contributed by atoms with Crippen molar-refractivity contribution in [3.8, 4) is 0 Å². The van der Waals surface area contributed by atoms with Gasteiger partial charge in [-0.1, -0.05) is 109 Å². The number of likely N-dealkylation sites (N-methyl/N-ethyl adjacent to an activating group) is 1. The van der Waals surface area contributed by atoms with Gasteiger partial charge in [-0.2, -0.15) is 0 Å². The van der Waals surface area contributed by atoms with Crippen LogP contribution in [0.4, 0.5) is 5.69 Å². The van der Waals surface area contributed by atoms with E-state index in [2.05, 4.69) is 5.32 Å².